The van der Waals surface area contributed by atoms with Gasteiger partial charge in [-0.1, -0.05) is 23.0 Å². The molecule has 0 spiro atoms. The van der Waals surface area contributed by atoms with Gasteiger partial charge < -0.3 is 20.5 Å². The Hall–Kier alpha value is -4.28. The number of halogens is 9. The number of hydrogen-bond acceptors (Lipinski definition) is 9. The third kappa shape index (κ3) is 8.41. The van der Waals surface area contributed by atoms with E-state index in [2.05, 4.69) is 19.7 Å². The lowest BCUT2D eigenvalue weighted by Crippen LogP contribution is -2.58. The van der Waals surface area contributed by atoms with E-state index in [4.69, 9.17) is 5.73 Å². The number of carboxylic acid groups (broad SMARTS) is 1. The molecule has 48 heavy (non-hydrogen) atoms. The lowest BCUT2D eigenvalue weighted by atomic mass is 10.2. The minimum Gasteiger partial charge on any atom is -0.674 e. The number of sulfonamides is 1. The Morgan fingerprint density at radius 2 is 1.71 bits per heavy atom. The molecule has 22 heteroatoms. The highest BCUT2D eigenvalue weighted by molar-refractivity contribution is 7.89. The van der Waals surface area contributed by atoms with Crippen LogP contribution in [0.2, 0.25) is 0 Å². The second-order valence-corrected chi connectivity index (χ2v) is 12.5. The maximum atomic E-state index is 13.0. The molecular formula is C26H20F9N6O5S2-. The van der Waals surface area contributed by atoms with Crippen molar-refractivity contribution in [3.63, 3.8) is 0 Å². The molecule has 2 aromatic heterocycles. The van der Waals surface area contributed by atoms with E-state index in [0.29, 0.717) is 22.0 Å². The number of aliphatic carboxylic acids is 1. The second-order valence-electron chi connectivity index (χ2n) is 9.63. The van der Waals surface area contributed by atoms with Crippen LogP contribution in [-0.2, 0) is 33.7 Å². The fourth-order valence-electron chi connectivity index (χ4n) is 4.22. The molecule has 0 radical (unpaired) electrons. The third-order valence-corrected chi connectivity index (χ3v) is 9.45. The van der Waals surface area contributed by atoms with Gasteiger partial charge in [0.1, 0.15) is 6.04 Å². The second kappa shape index (κ2) is 14.1. The van der Waals surface area contributed by atoms with Crippen LogP contribution in [0.25, 0.3) is 16.1 Å². The molecule has 2 N–H and O–H groups in total. The average molecular weight is 732 g/mol. The monoisotopic (exact) mass is 731 g/mol. The van der Waals surface area contributed by atoms with Crippen molar-refractivity contribution >= 4 is 42.8 Å². The molecule has 3 heterocycles. The van der Waals surface area contributed by atoms with Gasteiger partial charge in [0.2, 0.25) is 15.8 Å². The number of nitrogens with one attached hydrogen (secondary N) is 1. The van der Waals surface area contributed by atoms with Crippen LogP contribution in [0, 0.1) is 5.82 Å². The minimum atomic E-state index is -4.79. The van der Waals surface area contributed by atoms with Gasteiger partial charge in [-0.15, -0.1) is 6.54 Å². The molecule has 0 saturated carbocycles. The fourth-order valence-corrected chi connectivity index (χ4v) is 6.70. The van der Waals surface area contributed by atoms with Gasteiger partial charge in [-0.3, -0.25) is 4.79 Å². The molecule has 0 amide bonds. The normalized spacial score (nSPS) is 16.1. The summed E-state index contributed by atoms with van der Waals surface area (Å²) in [7, 11) is -4.48. The highest BCUT2D eigenvalue weighted by Crippen LogP contribution is 2.34. The summed E-state index contributed by atoms with van der Waals surface area (Å²) in [6.07, 6.45) is -8.53. The lowest BCUT2D eigenvalue weighted by Gasteiger charge is -2.38. The van der Waals surface area contributed by atoms with Gasteiger partial charge in [0.15, 0.2) is 22.3 Å². The molecule has 1 saturated heterocycles. The highest BCUT2D eigenvalue weighted by atomic mass is 32.2. The van der Waals surface area contributed by atoms with Crippen molar-refractivity contribution in [2.75, 3.05) is 24.5 Å². The number of anilines is 1. The average Bonchev–Trinajstić information content (AvgIpc) is 3.45. The van der Waals surface area contributed by atoms with E-state index in [-0.39, 0.29) is 35.1 Å². The van der Waals surface area contributed by atoms with Crippen LogP contribution >= 0.6 is 11.3 Å². The summed E-state index contributed by atoms with van der Waals surface area (Å²) < 4.78 is 144. The van der Waals surface area contributed by atoms with E-state index in [1.807, 2.05) is 0 Å². The van der Waals surface area contributed by atoms with Crippen LogP contribution in [0.5, 0.6) is 5.75 Å². The standard InChI is InChI=1S/C18H13F6N5O4S2.C8H7F3NO/c19-17(20,21)9-1-3-10(4-2-9)35(32,33)29-6-5-28(8-11(29)14(30)31)16-27-13-12(34-16)7-25-15(26-13)18(22,23)24;9-6-3-5(4-12)1-2-7(6)13-8(10)11/h1-4,7,11H,5-6,8H2,(H,30,31);1-3,8,12H,4H2/q;-1/t11-;/m1./s1. The van der Waals surface area contributed by atoms with Crippen molar-refractivity contribution < 1.29 is 62.6 Å². The SMILES string of the molecule is O=C(O)[C@H]1CN(c2nc3nc(C(F)(F)F)ncc3s2)CCN1S(=O)(=O)c1ccc(C(F)(F)F)cc1.[NH-]Cc1ccc(OC(F)F)c(F)c1. The summed E-state index contributed by atoms with van der Waals surface area (Å²) in [5.41, 5.74) is 6.00. The molecule has 5 rings (SSSR count). The van der Waals surface area contributed by atoms with E-state index in [1.54, 1.807) is 0 Å². The lowest BCUT2D eigenvalue weighted by molar-refractivity contribution is -0.145. The Morgan fingerprint density at radius 3 is 2.25 bits per heavy atom. The smallest absolute Gasteiger partial charge is 0.451 e. The topological polar surface area (TPSA) is 150 Å². The zero-order valence-corrected chi connectivity index (χ0v) is 25.3. The number of thiazole rings is 1. The largest absolute Gasteiger partial charge is 0.674 e. The zero-order chi connectivity index (χ0) is 35.6. The van der Waals surface area contributed by atoms with Crippen molar-refractivity contribution in [1.82, 2.24) is 19.3 Å². The van der Waals surface area contributed by atoms with Crippen LogP contribution in [0.3, 0.4) is 0 Å². The molecule has 1 aliphatic heterocycles. The van der Waals surface area contributed by atoms with Gasteiger partial charge >= 0.3 is 24.9 Å². The number of hydrogen-bond donors (Lipinski definition) is 1. The van der Waals surface area contributed by atoms with Crippen molar-refractivity contribution in [2.24, 2.45) is 0 Å². The number of ether oxygens (including phenoxy) is 1. The van der Waals surface area contributed by atoms with E-state index in [1.165, 1.54) is 11.0 Å². The summed E-state index contributed by atoms with van der Waals surface area (Å²) in [5.74, 6) is -4.28. The number of alkyl halides is 8. The van der Waals surface area contributed by atoms with E-state index in [0.717, 1.165) is 41.8 Å². The Balaban J connectivity index is 0.000000336. The number of rotatable bonds is 7. The molecule has 0 unspecified atom stereocenters. The highest BCUT2D eigenvalue weighted by Gasteiger charge is 2.42. The van der Waals surface area contributed by atoms with Crippen molar-refractivity contribution in [1.29, 1.82) is 0 Å². The van der Waals surface area contributed by atoms with Gasteiger partial charge in [0, 0.05) is 19.6 Å². The minimum absolute atomic E-state index is 0.0803. The van der Waals surface area contributed by atoms with Gasteiger partial charge in [0.25, 0.3) is 0 Å². The first kappa shape index (κ1) is 36.6. The van der Waals surface area contributed by atoms with Gasteiger partial charge in [-0.05, 0) is 36.4 Å². The molecule has 1 atom stereocenters. The number of nitrogens with zero attached hydrogens (tertiary/aromatic N) is 5. The van der Waals surface area contributed by atoms with E-state index >= 15 is 0 Å². The quantitative estimate of drug-likeness (QED) is 0.224. The number of carbonyl (C=O) groups is 1. The molecule has 1 aliphatic rings. The van der Waals surface area contributed by atoms with Gasteiger partial charge in [-0.25, -0.2) is 22.8 Å². The molecule has 1 fully saturated rings. The van der Waals surface area contributed by atoms with Crippen molar-refractivity contribution in [2.45, 2.75) is 36.4 Å². The van der Waals surface area contributed by atoms with Crippen LogP contribution in [0.4, 0.5) is 44.6 Å². The summed E-state index contributed by atoms with van der Waals surface area (Å²) in [6.45, 7) is -3.98. The van der Waals surface area contributed by atoms with E-state index in [9.17, 15) is 57.8 Å². The Morgan fingerprint density at radius 1 is 1.04 bits per heavy atom. The fraction of sp³-hybridized carbons (Fsp3) is 0.308. The molecule has 0 aliphatic carbocycles. The summed E-state index contributed by atoms with van der Waals surface area (Å²) in [4.78, 5) is 23.4. The first-order valence-electron chi connectivity index (χ1n) is 13.1. The molecule has 0 bridgehead atoms. The number of piperazine rings is 1. The number of carboxylic acids is 1. The maximum absolute atomic E-state index is 13.0. The number of fused-ring (bicyclic) bond motifs is 1. The summed E-state index contributed by atoms with van der Waals surface area (Å²) in [6, 6.07) is 4.47. The molecule has 260 valence electrons. The maximum Gasteiger partial charge on any atom is 0.451 e. The molecule has 2 aromatic carbocycles. The first-order valence-corrected chi connectivity index (χ1v) is 15.3. The van der Waals surface area contributed by atoms with Crippen molar-refractivity contribution in [3.8, 4) is 5.75 Å². The number of aromatic nitrogens is 3. The van der Waals surface area contributed by atoms with Crippen LogP contribution in [-0.4, -0.2) is 71.0 Å². The van der Waals surface area contributed by atoms with Gasteiger partial charge in [0.05, 0.1) is 21.4 Å². The Kier molecular flexibility index (Phi) is 10.7. The molecule has 11 nitrogen and oxygen atoms in total. The predicted molar refractivity (Wildman–Crippen MR) is 150 cm³/mol. The Labute approximate surface area is 268 Å². The zero-order valence-electron chi connectivity index (χ0n) is 23.6. The first-order chi connectivity index (χ1) is 22.3. The number of benzene rings is 2. The predicted octanol–water partition coefficient (Wildman–Crippen LogP) is 6.07. The molecule has 4 aromatic rings. The van der Waals surface area contributed by atoms with Crippen LogP contribution < -0.4 is 9.64 Å². The van der Waals surface area contributed by atoms with Gasteiger partial charge in [-0.2, -0.15) is 44.4 Å². The third-order valence-electron chi connectivity index (χ3n) is 6.48. The Bertz CT molecular complexity index is 1870. The van der Waals surface area contributed by atoms with E-state index < -0.39 is 75.4 Å². The van der Waals surface area contributed by atoms with Crippen LogP contribution in [0.1, 0.15) is 17.0 Å². The van der Waals surface area contributed by atoms with Crippen LogP contribution in [0.15, 0.2) is 53.6 Å². The molecular weight excluding hydrogens is 711 g/mol. The van der Waals surface area contributed by atoms with Crippen molar-refractivity contribution in [3.05, 3.63) is 77.2 Å². The summed E-state index contributed by atoms with van der Waals surface area (Å²) >= 11 is 0.901. The summed E-state index contributed by atoms with van der Waals surface area (Å²) in [5, 5.41) is 9.77.